The van der Waals surface area contributed by atoms with Crippen LogP contribution in [-0.2, 0) is 16.0 Å². The summed E-state index contributed by atoms with van der Waals surface area (Å²) in [6.07, 6.45) is 1.15. The third-order valence-corrected chi connectivity index (χ3v) is 4.70. The zero-order valence-electron chi connectivity index (χ0n) is 14.1. The third-order valence-electron chi connectivity index (χ3n) is 4.70. The Morgan fingerprint density at radius 3 is 2.52 bits per heavy atom. The van der Waals surface area contributed by atoms with Gasteiger partial charge in [0.2, 0.25) is 5.91 Å². The highest BCUT2D eigenvalue weighted by Crippen LogP contribution is 2.27. The summed E-state index contributed by atoms with van der Waals surface area (Å²) < 4.78 is 14.8. The maximum absolute atomic E-state index is 13.1. The highest BCUT2D eigenvalue weighted by atomic mass is 19.1. The number of aryl methyl sites for hydroxylation is 1. The van der Waals surface area contributed by atoms with Crippen molar-refractivity contribution in [1.82, 2.24) is 15.1 Å². The number of hydrogen-bond donors (Lipinski definition) is 2. The topological polar surface area (TPSA) is 84.2 Å². The number of aromatic nitrogens is 2. The molecule has 1 amide bonds. The van der Waals surface area contributed by atoms with Crippen LogP contribution in [-0.4, -0.2) is 32.8 Å². The number of carboxylic acid groups (broad SMARTS) is 1. The Morgan fingerprint density at radius 1 is 1.28 bits per heavy atom. The van der Waals surface area contributed by atoms with Crippen LogP contribution in [0.2, 0.25) is 0 Å². The van der Waals surface area contributed by atoms with Gasteiger partial charge in [-0.3, -0.25) is 9.59 Å². The molecule has 2 aromatic rings. The van der Waals surface area contributed by atoms with E-state index < -0.39 is 5.97 Å². The van der Waals surface area contributed by atoms with E-state index in [1.165, 1.54) is 12.1 Å². The number of benzene rings is 1. The van der Waals surface area contributed by atoms with E-state index in [1.807, 2.05) is 13.8 Å². The van der Waals surface area contributed by atoms with Gasteiger partial charge >= 0.3 is 5.97 Å². The van der Waals surface area contributed by atoms with Crippen molar-refractivity contribution in [2.24, 2.45) is 5.92 Å². The maximum Gasteiger partial charge on any atom is 0.306 e. The largest absolute Gasteiger partial charge is 0.481 e. The number of carbonyl (C=O) groups is 2. The molecule has 0 spiro atoms. The highest BCUT2D eigenvalue weighted by molar-refractivity contribution is 5.80. The van der Waals surface area contributed by atoms with Crippen LogP contribution in [0.25, 0.3) is 5.69 Å². The van der Waals surface area contributed by atoms with Crippen LogP contribution in [0.15, 0.2) is 24.3 Å². The minimum absolute atomic E-state index is 0.0682. The molecule has 1 saturated carbocycles. The molecule has 1 aliphatic carbocycles. The summed E-state index contributed by atoms with van der Waals surface area (Å²) in [6.45, 7) is 3.70. The normalized spacial score (nSPS) is 19.3. The Balaban J connectivity index is 1.68. The first kappa shape index (κ1) is 17.1. The SMILES string of the molecule is Cc1nn(-c2ccc(F)cc2)c(C)c1CC(=O)NC1CC(C(=O)O)C1. The first-order valence-electron chi connectivity index (χ1n) is 8.18. The van der Waals surface area contributed by atoms with Gasteiger partial charge < -0.3 is 10.4 Å². The summed E-state index contributed by atoms with van der Waals surface area (Å²) in [6, 6.07) is 5.95. The van der Waals surface area contributed by atoms with E-state index in [9.17, 15) is 14.0 Å². The summed E-state index contributed by atoms with van der Waals surface area (Å²) in [5.74, 6) is -1.61. The maximum atomic E-state index is 13.1. The van der Waals surface area contributed by atoms with Crippen LogP contribution in [0.4, 0.5) is 4.39 Å². The molecule has 0 radical (unpaired) electrons. The van der Waals surface area contributed by atoms with Gasteiger partial charge in [-0.25, -0.2) is 9.07 Å². The average Bonchev–Trinajstić information content (AvgIpc) is 2.79. The van der Waals surface area contributed by atoms with Crippen LogP contribution >= 0.6 is 0 Å². The molecule has 1 aromatic carbocycles. The number of nitrogens with one attached hydrogen (secondary N) is 1. The predicted molar refractivity (Wildman–Crippen MR) is 89.0 cm³/mol. The van der Waals surface area contributed by atoms with Crippen molar-refractivity contribution in [3.63, 3.8) is 0 Å². The standard InChI is InChI=1S/C18H20FN3O3/c1-10-16(9-17(23)20-14-7-12(8-14)18(24)25)11(2)22(21-10)15-5-3-13(19)4-6-15/h3-6,12,14H,7-9H2,1-2H3,(H,20,23)(H,24,25). The van der Waals surface area contributed by atoms with Crippen molar-refractivity contribution in [3.05, 3.63) is 47.0 Å². The summed E-state index contributed by atoms with van der Waals surface area (Å²) in [5, 5.41) is 16.2. The molecule has 1 aromatic heterocycles. The summed E-state index contributed by atoms with van der Waals surface area (Å²) in [7, 11) is 0. The number of aliphatic carboxylic acids is 1. The fourth-order valence-corrected chi connectivity index (χ4v) is 3.14. The van der Waals surface area contributed by atoms with E-state index in [1.54, 1.807) is 16.8 Å². The lowest BCUT2D eigenvalue weighted by molar-refractivity contribution is -0.146. The van der Waals surface area contributed by atoms with E-state index in [0.29, 0.717) is 12.8 Å². The van der Waals surface area contributed by atoms with Gasteiger partial charge in [-0.05, 0) is 51.0 Å². The second-order valence-corrected chi connectivity index (χ2v) is 6.49. The van der Waals surface area contributed by atoms with E-state index >= 15 is 0 Å². The first-order chi connectivity index (χ1) is 11.8. The van der Waals surface area contributed by atoms with Gasteiger partial charge in [-0.1, -0.05) is 0 Å². The van der Waals surface area contributed by atoms with Crippen LogP contribution in [0.3, 0.4) is 0 Å². The Kier molecular flexibility index (Phi) is 4.57. The quantitative estimate of drug-likeness (QED) is 0.870. The molecule has 7 heteroatoms. The monoisotopic (exact) mass is 345 g/mol. The number of hydrogen-bond acceptors (Lipinski definition) is 3. The van der Waals surface area contributed by atoms with Crippen LogP contribution < -0.4 is 5.32 Å². The molecule has 0 bridgehead atoms. The molecule has 0 aliphatic heterocycles. The number of halogens is 1. The summed E-state index contributed by atoms with van der Waals surface area (Å²) in [5.41, 5.74) is 3.14. The fourth-order valence-electron chi connectivity index (χ4n) is 3.14. The highest BCUT2D eigenvalue weighted by Gasteiger charge is 2.35. The molecule has 0 atom stereocenters. The molecule has 1 heterocycles. The van der Waals surface area contributed by atoms with Crippen molar-refractivity contribution in [3.8, 4) is 5.69 Å². The second-order valence-electron chi connectivity index (χ2n) is 6.49. The smallest absolute Gasteiger partial charge is 0.306 e. The van der Waals surface area contributed by atoms with Gasteiger partial charge in [-0.2, -0.15) is 5.10 Å². The zero-order chi connectivity index (χ0) is 18.1. The predicted octanol–water partition coefficient (Wildman–Crippen LogP) is 2.15. The Morgan fingerprint density at radius 2 is 1.92 bits per heavy atom. The van der Waals surface area contributed by atoms with Gasteiger partial charge in [0.15, 0.2) is 0 Å². The molecule has 132 valence electrons. The molecule has 0 unspecified atom stereocenters. The van der Waals surface area contributed by atoms with E-state index in [0.717, 1.165) is 22.6 Å². The van der Waals surface area contributed by atoms with Crippen molar-refractivity contribution < 1.29 is 19.1 Å². The lowest BCUT2D eigenvalue weighted by Crippen LogP contribution is -2.47. The molecule has 1 aliphatic rings. The van der Waals surface area contributed by atoms with Crippen molar-refractivity contribution in [2.45, 2.75) is 39.2 Å². The van der Waals surface area contributed by atoms with Crippen LogP contribution in [0.5, 0.6) is 0 Å². The van der Waals surface area contributed by atoms with Crippen molar-refractivity contribution in [2.75, 3.05) is 0 Å². The average molecular weight is 345 g/mol. The number of amides is 1. The molecular formula is C18H20FN3O3. The van der Waals surface area contributed by atoms with Gasteiger partial charge in [0, 0.05) is 17.3 Å². The minimum Gasteiger partial charge on any atom is -0.481 e. The third kappa shape index (κ3) is 3.55. The Labute approximate surface area is 144 Å². The van der Waals surface area contributed by atoms with Gasteiger partial charge in [0.25, 0.3) is 0 Å². The number of carbonyl (C=O) groups excluding carboxylic acids is 1. The molecule has 3 rings (SSSR count). The number of rotatable bonds is 5. The Bertz CT molecular complexity index is 808. The number of nitrogens with zero attached hydrogens (tertiary/aromatic N) is 2. The molecule has 0 saturated heterocycles. The summed E-state index contributed by atoms with van der Waals surface area (Å²) in [4.78, 5) is 23.0. The first-order valence-corrected chi connectivity index (χ1v) is 8.18. The van der Waals surface area contributed by atoms with Crippen molar-refractivity contribution >= 4 is 11.9 Å². The van der Waals surface area contributed by atoms with Crippen LogP contribution in [0.1, 0.15) is 29.8 Å². The van der Waals surface area contributed by atoms with Crippen LogP contribution in [0, 0.1) is 25.6 Å². The fraction of sp³-hybridized carbons (Fsp3) is 0.389. The lowest BCUT2D eigenvalue weighted by atomic mass is 9.80. The van der Waals surface area contributed by atoms with Gasteiger partial charge in [0.05, 0.1) is 23.7 Å². The summed E-state index contributed by atoms with van der Waals surface area (Å²) >= 11 is 0. The molecular weight excluding hydrogens is 325 g/mol. The van der Waals surface area contributed by atoms with E-state index in [-0.39, 0.29) is 30.1 Å². The minimum atomic E-state index is -0.808. The second kappa shape index (κ2) is 6.66. The van der Waals surface area contributed by atoms with Gasteiger partial charge in [-0.15, -0.1) is 0 Å². The molecule has 25 heavy (non-hydrogen) atoms. The molecule has 2 N–H and O–H groups in total. The van der Waals surface area contributed by atoms with Crippen molar-refractivity contribution in [1.29, 1.82) is 0 Å². The van der Waals surface area contributed by atoms with Gasteiger partial charge in [0.1, 0.15) is 5.82 Å². The molecule has 1 fully saturated rings. The lowest BCUT2D eigenvalue weighted by Gasteiger charge is -2.32. The van der Waals surface area contributed by atoms with E-state index in [4.69, 9.17) is 5.11 Å². The zero-order valence-corrected chi connectivity index (χ0v) is 14.1. The molecule has 6 nitrogen and oxygen atoms in total. The number of carboxylic acids is 1. The van der Waals surface area contributed by atoms with E-state index in [2.05, 4.69) is 10.4 Å². The Hall–Kier alpha value is -2.70.